The van der Waals surface area contributed by atoms with E-state index in [1.54, 1.807) is 6.33 Å². The van der Waals surface area contributed by atoms with E-state index in [0.29, 0.717) is 23.9 Å². The predicted octanol–water partition coefficient (Wildman–Crippen LogP) is 6.12. The Morgan fingerprint density at radius 3 is 1.67 bits per heavy atom. The van der Waals surface area contributed by atoms with Crippen molar-refractivity contribution < 1.29 is 5.21 Å². The number of rotatable bonds is 9. The molecular weight excluding hydrogens is 408 g/mol. The molecule has 1 N–H and O–H groups in total. The molecule has 0 aliphatic rings. The van der Waals surface area contributed by atoms with Gasteiger partial charge in [-0.05, 0) is 29.0 Å². The Kier molecular flexibility index (Phi) is 6.98. The number of hydrogen-bond donors (Lipinski definition) is 1. The molecule has 4 rings (SSSR count). The molecule has 0 spiro atoms. The van der Waals surface area contributed by atoms with Crippen molar-refractivity contribution in [2.45, 2.75) is 38.6 Å². The molecule has 0 aliphatic heterocycles. The Morgan fingerprint density at radius 1 is 0.818 bits per heavy atom. The fourth-order valence-corrected chi connectivity index (χ4v) is 4.52. The van der Waals surface area contributed by atoms with Crippen LogP contribution in [0, 0.1) is 5.92 Å². The molecule has 0 fully saturated rings. The highest BCUT2D eigenvalue weighted by Gasteiger charge is 2.39. The molecule has 0 saturated carbocycles. The maximum Gasteiger partial charge on any atom is 0.198 e. The van der Waals surface area contributed by atoms with Crippen molar-refractivity contribution >= 4 is 5.71 Å². The summed E-state index contributed by atoms with van der Waals surface area (Å²) in [6, 6.07) is 31.0. The molecule has 0 atom stereocenters. The minimum absolute atomic E-state index is 0.421. The summed E-state index contributed by atoms with van der Waals surface area (Å²) in [5.74, 6) is 0.876. The van der Waals surface area contributed by atoms with E-state index in [0.717, 1.165) is 29.5 Å². The Morgan fingerprint density at radius 2 is 1.27 bits per heavy atom. The second-order valence-electron chi connectivity index (χ2n) is 8.25. The van der Waals surface area contributed by atoms with Crippen molar-refractivity contribution in [2.24, 2.45) is 11.1 Å². The van der Waals surface area contributed by atoms with E-state index in [-0.39, 0.29) is 0 Å². The van der Waals surface area contributed by atoms with Crippen molar-refractivity contribution in [2.75, 3.05) is 0 Å². The third kappa shape index (κ3) is 4.31. The lowest BCUT2D eigenvalue weighted by Crippen LogP contribution is -2.38. The number of hydrogen-bond acceptors (Lipinski definition) is 4. The van der Waals surface area contributed by atoms with Crippen molar-refractivity contribution in [3.05, 3.63) is 120 Å². The van der Waals surface area contributed by atoms with E-state index in [2.05, 4.69) is 60.4 Å². The van der Waals surface area contributed by atoms with E-state index >= 15 is 0 Å². The van der Waals surface area contributed by atoms with Gasteiger partial charge in [0.25, 0.3) is 0 Å². The summed E-state index contributed by atoms with van der Waals surface area (Å²) >= 11 is 0. The van der Waals surface area contributed by atoms with Crippen LogP contribution in [0.5, 0.6) is 0 Å². The van der Waals surface area contributed by atoms with Gasteiger partial charge < -0.3 is 5.21 Å². The molecule has 0 aliphatic carbocycles. The molecule has 1 aromatic heterocycles. The van der Waals surface area contributed by atoms with Crippen molar-refractivity contribution in [3.63, 3.8) is 0 Å². The molecule has 3 aromatic carbocycles. The molecule has 0 bridgehead atoms. The number of nitrogens with zero attached hydrogens (tertiary/aromatic N) is 4. The Balaban J connectivity index is 1.94. The standard InChI is InChI=1S/C28H30N4O/c1-3-22(4-2)20-26(31-33)27-29-21-32(30-27)28(23-14-8-5-9-15-23,24-16-10-6-11-17-24)25-18-12-7-13-19-25/h5-19,21-22,33H,3-4,20H2,1-2H3. The molecule has 0 amide bonds. The predicted molar refractivity (Wildman–Crippen MR) is 132 cm³/mol. The summed E-state index contributed by atoms with van der Waals surface area (Å²) in [6.07, 6.45) is 4.42. The third-order valence-electron chi connectivity index (χ3n) is 6.43. The van der Waals surface area contributed by atoms with Gasteiger partial charge in [0.2, 0.25) is 0 Å². The SMILES string of the molecule is CCC(CC)CC(=NO)c1ncn(C(c2ccccc2)(c2ccccc2)c2ccccc2)n1. The first kappa shape index (κ1) is 22.5. The molecule has 0 radical (unpaired) electrons. The van der Waals surface area contributed by atoms with Crippen LogP contribution in [0.25, 0.3) is 0 Å². The normalized spacial score (nSPS) is 12.3. The monoisotopic (exact) mass is 438 g/mol. The topological polar surface area (TPSA) is 63.3 Å². The smallest absolute Gasteiger partial charge is 0.198 e. The molecular formula is C28H30N4O. The molecule has 5 nitrogen and oxygen atoms in total. The Labute approximate surface area is 195 Å². The van der Waals surface area contributed by atoms with Crippen LogP contribution in [0.1, 0.15) is 55.6 Å². The Hall–Kier alpha value is -3.73. The highest BCUT2D eigenvalue weighted by Crippen LogP contribution is 2.40. The quantitative estimate of drug-likeness (QED) is 0.148. The fourth-order valence-electron chi connectivity index (χ4n) is 4.52. The zero-order chi connectivity index (χ0) is 23.1. The van der Waals surface area contributed by atoms with Crippen LogP contribution >= 0.6 is 0 Å². The average molecular weight is 439 g/mol. The van der Waals surface area contributed by atoms with Gasteiger partial charge in [-0.1, -0.05) is 123 Å². The molecule has 0 unspecified atom stereocenters. The van der Waals surface area contributed by atoms with Gasteiger partial charge in [0.15, 0.2) is 5.82 Å². The lowest BCUT2D eigenvalue weighted by atomic mass is 9.77. The highest BCUT2D eigenvalue weighted by atomic mass is 16.4. The third-order valence-corrected chi connectivity index (χ3v) is 6.43. The van der Waals surface area contributed by atoms with Crippen LogP contribution in [0.15, 0.2) is 102 Å². The molecule has 33 heavy (non-hydrogen) atoms. The van der Waals surface area contributed by atoms with Crippen LogP contribution in [0.3, 0.4) is 0 Å². The molecule has 1 heterocycles. The number of benzene rings is 3. The molecule has 4 aromatic rings. The molecule has 0 saturated heterocycles. The Bertz CT molecular complexity index is 1070. The minimum Gasteiger partial charge on any atom is -0.411 e. The number of aromatic nitrogens is 3. The van der Waals surface area contributed by atoms with Crippen molar-refractivity contribution in [3.8, 4) is 0 Å². The van der Waals surface area contributed by atoms with Crippen LogP contribution in [0.4, 0.5) is 0 Å². The van der Waals surface area contributed by atoms with E-state index < -0.39 is 5.54 Å². The van der Waals surface area contributed by atoms with Gasteiger partial charge in [-0.25, -0.2) is 9.67 Å². The van der Waals surface area contributed by atoms with Gasteiger partial charge in [-0.2, -0.15) is 0 Å². The lowest BCUT2D eigenvalue weighted by Gasteiger charge is -2.35. The average Bonchev–Trinajstić information content (AvgIpc) is 3.37. The van der Waals surface area contributed by atoms with Crippen LogP contribution in [-0.4, -0.2) is 25.7 Å². The summed E-state index contributed by atoms with van der Waals surface area (Å²) in [5.41, 5.74) is 3.00. The molecule has 5 heteroatoms. The van der Waals surface area contributed by atoms with Crippen LogP contribution in [0.2, 0.25) is 0 Å². The maximum absolute atomic E-state index is 9.78. The number of oxime groups is 1. The van der Waals surface area contributed by atoms with Gasteiger partial charge in [0.1, 0.15) is 17.6 Å². The summed E-state index contributed by atoms with van der Waals surface area (Å²) in [6.45, 7) is 4.31. The zero-order valence-electron chi connectivity index (χ0n) is 19.2. The van der Waals surface area contributed by atoms with E-state index in [9.17, 15) is 5.21 Å². The fraction of sp³-hybridized carbons (Fsp3) is 0.250. The van der Waals surface area contributed by atoms with Crippen molar-refractivity contribution in [1.29, 1.82) is 0 Å². The summed E-state index contributed by atoms with van der Waals surface area (Å²) in [4.78, 5) is 4.61. The molecule has 168 valence electrons. The van der Waals surface area contributed by atoms with Gasteiger partial charge in [0.05, 0.1) is 0 Å². The maximum atomic E-state index is 9.78. The first-order valence-electron chi connectivity index (χ1n) is 11.5. The van der Waals surface area contributed by atoms with Gasteiger partial charge in [-0.3, -0.25) is 0 Å². The second kappa shape index (κ2) is 10.3. The first-order chi connectivity index (χ1) is 16.2. The van der Waals surface area contributed by atoms with E-state index in [1.165, 1.54) is 0 Å². The summed E-state index contributed by atoms with van der Waals surface area (Å²) in [7, 11) is 0. The van der Waals surface area contributed by atoms with Gasteiger partial charge in [-0.15, -0.1) is 5.10 Å². The second-order valence-corrected chi connectivity index (χ2v) is 8.25. The van der Waals surface area contributed by atoms with E-state index in [1.807, 2.05) is 59.3 Å². The van der Waals surface area contributed by atoms with Crippen LogP contribution < -0.4 is 0 Å². The van der Waals surface area contributed by atoms with Gasteiger partial charge in [0, 0.05) is 0 Å². The zero-order valence-corrected chi connectivity index (χ0v) is 19.2. The first-order valence-corrected chi connectivity index (χ1v) is 11.5. The van der Waals surface area contributed by atoms with Gasteiger partial charge >= 0.3 is 0 Å². The van der Waals surface area contributed by atoms with Crippen molar-refractivity contribution in [1.82, 2.24) is 14.8 Å². The van der Waals surface area contributed by atoms with E-state index in [4.69, 9.17) is 5.10 Å². The lowest BCUT2D eigenvalue weighted by molar-refractivity contribution is 0.315. The largest absolute Gasteiger partial charge is 0.411 e. The highest BCUT2D eigenvalue weighted by molar-refractivity contribution is 5.96. The minimum atomic E-state index is -0.732. The van der Waals surface area contributed by atoms with Crippen LogP contribution in [-0.2, 0) is 5.54 Å². The summed E-state index contributed by atoms with van der Waals surface area (Å²) < 4.78 is 1.90. The summed E-state index contributed by atoms with van der Waals surface area (Å²) in [5, 5.41) is 18.3.